The second-order valence-electron chi connectivity index (χ2n) is 5.72. The fourth-order valence-electron chi connectivity index (χ4n) is 1.48. The van der Waals surface area contributed by atoms with Gasteiger partial charge in [-0.1, -0.05) is 95.7 Å². The molecule has 0 aromatic rings. The van der Waals surface area contributed by atoms with E-state index in [9.17, 15) is 0 Å². The lowest BCUT2D eigenvalue weighted by Gasteiger charge is -2.17. The van der Waals surface area contributed by atoms with Crippen LogP contribution in [0.25, 0.3) is 0 Å². The fraction of sp³-hybridized carbons (Fsp3) is 0.200. The third-order valence-electron chi connectivity index (χ3n) is 2.63. The summed E-state index contributed by atoms with van der Waals surface area (Å²) in [7, 11) is -2.01. The standard InChI is InChI=1S/C20H28Si/c1-17(2)9-13-21(14-10-18(3)4,15-11-19(5)6)16-12-20(7)8/h9-16H,1,3,5,7H2,2,4,6,8H3. The van der Waals surface area contributed by atoms with Crippen LogP contribution in [0.3, 0.4) is 0 Å². The highest BCUT2D eigenvalue weighted by atomic mass is 28.3. The zero-order valence-electron chi connectivity index (χ0n) is 13.9. The normalized spacial score (nSPS) is 15.0. The Morgan fingerprint density at radius 1 is 0.524 bits per heavy atom. The van der Waals surface area contributed by atoms with Gasteiger partial charge >= 0.3 is 0 Å². The molecule has 0 N–H and O–H groups in total. The Hall–Kier alpha value is -1.86. The number of hydrogen-bond acceptors (Lipinski definition) is 0. The first-order chi connectivity index (χ1) is 9.67. The summed E-state index contributed by atoms with van der Waals surface area (Å²) >= 11 is 0. The minimum absolute atomic E-state index is 1.04. The van der Waals surface area contributed by atoms with E-state index in [1.807, 2.05) is 27.7 Å². The summed E-state index contributed by atoms with van der Waals surface area (Å²) in [6.07, 6.45) is 8.34. The van der Waals surface area contributed by atoms with E-state index >= 15 is 0 Å². The molecule has 0 aromatic carbocycles. The topological polar surface area (TPSA) is 0 Å². The third kappa shape index (κ3) is 9.64. The van der Waals surface area contributed by atoms with Crippen LogP contribution in [0.2, 0.25) is 0 Å². The summed E-state index contributed by atoms with van der Waals surface area (Å²) in [5.74, 6) is 0. The summed E-state index contributed by atoms with van der Waals surface area (Å²) in [6, 6.07) is 0. The highest BCUT2D eigenvalue weighted by Crippen LogP contribution is 2.16. The Morgan fingerprint density at radius 3 is 0.857 bits per heavy atom. The van der Waals surface area contributed by atoms with Gasteiger partial charge in [0.15, 0.2) is 8.07 Å². The van der Waals surface area contributed by atoms with Crippen molar-refractivity contribution in [1.82, 2.24) is 0 Å². The Balaban J connectivity index is 5.90. The zero-order chi connectivity index (χ0) is 16.5. The van der Waals surface area contributed by atoms with Gasteiger partial charge in [-0.2, -0.15) is 0 Å². The zero-order valence-corrected chi connectivity index (χ0v) is 14.9. The molecule has 0 aliphatic carbocycles. The number of allylic oxidation sites excluding steroid dienone is 8. The first kappa shape index (κ1) is 19.1. The van der Waals surface area contributed by atoms with Gasteiger partial charge in [-0.3, -0.25) is 0 Å². The van der Waals surface area contributed by atoms with Gasteiger partial charge in [0.2, 0.25) is 0 Å². The second-order valence-corrected chi connectivity index (χ2v) is 9.05. The molecule has 0 aromatic heterocycles. The molecule has 21 heavy (non-hydrogen) atoms. The van der Waals surface area contributed by atoms with Crippen LogP contribution in [-0.4, -0.2) is 8.07 Å². The van der Waals surface area contributed by atoms with Crippen molar-refractivity contribution in [2.24, 2.45) is 0 Å². The molecule has 112 valence electrons. The molecule has 0 nitrogen and oxygen atoms in total. The molecule has 0 fully saturated rings. The van der Waals surface area contributed by atoms with Gasteiger partial charge in [-0.15, -0.1) is 0 Å². The molecule has 1 heteroatoms. The summed E-state index contributed by atoms with van der Waals surface area (Å²) in [5.41, 5.74) is 13.2. The van der Waals surface area contributed by atoms with Crippen LogP contribution in [0, 0.1) is 0 Å². The molecule has 0 bridgehead atoms. The van der Waals surface area contributed by atoms with Crippen LogP contribution in [0.1, 0.15) is 27.7 Å². The molecule has 0 heterocycles. The van der Waals surface area contributed by atoms with Crippen LogP contribution < -0.4 is 0 Å². The van der Waals surface area contributed by atoms with E-state index in [1.165, 1.54) is 0 Å². The predicted molar refractivity (Wildman–Crippen MR) is 102 cm³/mol. The van der Waals surface area contributed by atoms with E-state index in [-0.39, 0.29) is 0 Å². The van der Waals surface area contributed by atoms with E-state index in [0.717, 1.165) is 22.3 Å². The van der Waals surface area contributed by atoms with Crippen LogP contribution in [0.5, 0.6) is 0 Å². The molecule has 0 atom stereocenters. The van der Waals surface area contributed by atoms with Gasteiger partial charge in [0.1, 0.15) is 0 Å². The predicted octanol–water partition coefficient (Wildman–Crippen LogP) is 6.12. The van der Waals surface area contributed by atoms with Crippen molar-refractivity contribution in [2.45, 2.75) is 27.7 Å². The molecule has 0 spiro atoms. The van der Waals surface area contributed by atoms with Crippen molar-refractivity contribution in [3.63, 3.8) is 0 Å². The molecule has 0 saturated heterocycles. The van der Waals surface area contributed by atoms with Crippen LogP contribution in [-0.2, 0) is 0 Å². The van der Waals surface area contributed by atoms with Crippen LogP contribution in [0.4, 0.5) is 0 Å². The van der Waals surface area contributed by atoms with Crippen LogP contribution >= 0.6 is 0 Å². The van der Waals surface area contributed by atoms with E-state index in [1.54, 1.807) is 0 Å². The summed E-state index contributed by atoms with van der Waals surface area (Å²) in [4.78, 5) is 0. The molecule has 0 unspecified atom stereocenters. The van der Waals surface area contributed by atoms with Crippen molar-refractivity contribution in [3.8, 4) is 0 Å². The number of hydrogen-bond donors (Lipinski definition) is 0. The van der Waals surface area contributed by atoms with Crippen LogP contribution in [0.15, 0.2) is 95.7 Å². The molecule has 0 radical (unpaired) electrons. The van der Waals surface area contributed by atoms with Crippen molar-refractivity contribution in [2.75, 3.05) is 0 Å². The molecule has 0 aliphatic rings. The van der Waals surface area contributed by atoms with E-state index in [4.69, 9.17) is 0 Å². The average Bonchev–Trinajstić information content (AvgIpc) is 2.36. The largest absolute Gasteiger partial charge is 0.150 e. The molecule has 0 amide bonds. The maximum Gasteiger partial charge on any atom is 0.150 e. The van der Waals surface area contributed by atoms with Crippen molar-refractivity contribution in [3.05, 3.63) is 95.7 Å². The molecule has 0 saturated carbocycles. The van der Waals surface area contributed by atoms with Gasteiger partial charge in [0.05, 0.1) is 0 Å². The highest BCUT2D eigenvalue weighted by Gasteiger charge is 2.20. The smallest absolute Gasteiger partial charge is 0.0961 e. The Morgan fingerprint density at radius 2 is 0.714 bits per heavy atom. The van der Waals surface area contributed by atoms with E-state index in [2.05, 4.69) is 73.4 Å². The average molecular weight is 297 g/mol. The maximum absolute atomic E-state index is 3.95. The van der Waals surface area contributed by atoms with Gasteiger partial charge < -0.3 is 0 Å². The Labute approximate surface area is 132 Å². The van der Waals surface area contributed by atoms with Gasteiger partial charge in [0, 0.05) is 0 Å². The number of rotatable bonds is 8. The lowest BCUT2D eigenvalue weighted by Crippen LogP contribution is -2.25. The summed E-state index contributed by atoms with van der Waals surface area (Å²) < 4.78 is 0. The van der Waals surface area contributed by atoms with E-state index in [0.29, 0.717) is 0 Å². The second kappa shape index (κ2) is 9.14. The first-order valence-electron chi connectivity index (χ1n) is 7.06. The highest BCUT2D eigenvalue weighted by molar-refractivity contribution is 6.97. The maximum atomic E-state index is 3.95. The van der Waals surface area contributed by atoms with Gasteiger partial charge in [-0.25, -0.2) is 0 Å². The lowest BCUT2D eigenvalue weighted by molar-refractivity contribution is 1.54. The van der Waals surface area contributed by atoms with Gasteiger partial charge in [-0.05, 0) is 27.7 Å². The third-order valence-corrected chi connectivity index (χ3v) is 5.60. The fourth-order valence-corrected chi connectivity index (χ4v) is 4.44. The molecule has 0 rings (SSSR count). The first-order valence-corrected chi connectivity index (χ1v) is 9.37. The Bertz CT molecular complexity index is 435. The van der Waals surface area contributed by atoms with Crippen molar-refractivity contribution < 1.29 is 0 Å². The summed E-state index contributed by atoms with van der Waals surface area (Å²) in [6.45, 7) is 23.8. The quantitative estimate of drug-likeness (QED) is 0.374. The lowest BCUT2D eigenvalue weighted by atomic mass is 10.3. The van der Waals surface area contributed by atoms with E-state index < -0.39 is 8.07 Å². The van der Waals surface area contributed by atoms with Gasteiger partial charge in [0.25, 0.3) is 0 Å². The minimum Gasteiger partial charge on any atom is -0.0961 e. The minimum atomic E-state index is -2.01. The van der Waals surface area contributed by atoms with Crippen molar-refractivity contribution in [1.29, 1.82) is 0 Å². The molecular formula is C20H28Si. The SMILES string of the molecule is C=C(C)C=C[Si](C=CC(=C)C)(C=CC(=C)C)C=CC(=C)C. The molecular weight excluding hydrogens is 268 g/mol. The monoisotopic (exact) mass is 296 g/mol. The Kier molecular flexibility index (Phi) is 8.33. The molecule has 0 aliphatic heterocycles. The van der Waals surface area contributed by atoms with Crippen molar-refractivity contribution >= 4 is 8.07 Å². The summed E-state index contributed by atoms with van der Waals surface area (Å²) in [5, 5.41) is 0.